The van der Waals surface area contributed by atoms with E-state index in [1.54, 1.807) is 13.2 Å². The van der Waals surface area contributed by atoms with Crippen LogP contribution < -0.4 is 4.74 Å². The summed E-state index contributed by atoms with van der Waals surface area (Å²) < 4.78 is 6.21. The SMILES string of the molecule is CCN(C(=O)c1ccc(Br)cc1OC)C(C)CN(C)C. The predicted octanol–water partition coefficient (Wildman–Crippen LogP) is 2.87. The average Bonchev–Trinajstić information content (AvgIpc) is 2.38. The number of benzene rings is 1. The van der Waals surface area contributed by atoms with Crippen molar-refractivity contribution >= 4 is 21.8 Å². The van der Waals surface area contributed by atoms with Crippen LogP contribution in [0.4, 0.5) is 0 Å². The summed E-state index contributed by atoms with van der Waals surface area (Å²) in [5.41, 5.74) is 0.600. The van der Waals surface area contributed by atoms with Crippen LogP contribution >= 0.6 is 15.9 Å². The van der Waals surface area contributed by atoms with Gasteiger partial charge in [-0.2, -0.15) is 0 Å². The van der Waals surface area contributed by atoms with E-state index in [0.29, 0.717) is 17.9 Å². The van der Waals surface area contributed by atoms with Crippen molar-refractivity contribution in [2.45, 2.75) is 19.9 Å². The Balaban J connectivity index is 3.02. The van der Waals surface area contributed by atoms with Gasteiger partial charge in [-0.1, -0.05) is 15.9 Å². The summed E-state index contributed by atoms with van der Waals surface area (Å²) in [6, 6.07) is 5.63. The van der Waals surface area contributed by atoms with Gasteiger partial charge in [-0.15, -0.1) is 0 Å². The number of amides is 1. The third-order valence-corrected chi connectivity index (χ3v) is 3.65. The van der Waals surface area contributed by atoms with Gasteiger partial charge >= 0.3 is 0 Å². The molecular weight excluding hydrogens is 320 g/mol. The summed E-state index contributed by atoms with van der Waals surface area (Å²) in [4.78, 5) is 16.7. The number of hydrogen-bond acceptors (Lipinski definition) is 3. The molecule has 0 N–H and O–H groups in total. The van der Waals surface area contributed by atoms with Crippen molar-refractivity contribution in [3.8, 4) is 5.75 Å². The Bertz CT molecular complexity index is 463. The molecule has 112 valence electrons. The van der Waals surface area contributed by atoms with Gasteiger partial charge in [0.2, 0.25) is 0 Å². The molecule has 1 atom stereocenters. The minimum Gasteiger partial charge on any atom is -0.496 e. The highest BCUT2D eigenvalue weighted by Crippen LogP contribution is 2.25. The zero-order valence-corrected chi connectivity index (χ0v) is 14.4. The quantitative estimate of drug-likeness (QED) is 0.796. The summed E-state index contributed by atoms with van der Waals surface area (Å²) in [6.45, 7) is 5.56. The first-order valence-electron chi connectivity index (χ1n) is 6.69. The summed E-state index contributed by atoms with van der Waals surface area (Å²) in [5.74, 6) is 0.603. The molecule has 1 aromatic carbocycles. The van der Waals surface area contributed by atoms with Crippen molar-refractivity contribution in [1.82, 2.24) is 9.80 Å². The Morgan fingerprint density at radius 3 is 2.55 bits per heavy atom. The van der Waals surface area contributed by atoms with Gasteiger partial charge < -0.3 is 14.5 Å². The van der Waals surface area contributed by atoms with Crippen LogP contribution in [0, 0.1) is 0 Å². The van der Waals surface area contributed by atoms with Gasteiger partial charge in [-0.3, -0.25) is 4.79 Å². The molecule has 0 aliphatic rings. The minimum atomic E-state index is 0.00574. The van der Waals surface area contributed by atoms with Crippen LogP contribution in [0.15, 0.2) is 22.7 Å². The summed E-state index contributed by atoms with van der Waals surface area (Å²) in [7, 11) is 5.60. The Hall–Kier alpha value is -1.07. The van der Waals surface area contributed by atoms with Gasteiger partial charge in [0.1, 0.15) is 5.75 Å². The van der Waals surface area contributed by atoms with E-state index in [1.807, 2.05) is 38.1 Å². The molecule has 0 fully saturated rings. The van der Waals surface area contributed by atoms with Crippen molar-refractivity contribution < 1.29 is 9.53 Å². The second-order valence-electron chi connectivity index (χ2n) is 5.05. The molecule has 1 rings (SSSR count). The zero-order valence-electron chi connectivity index (χ0n) is 12.8. The van der Waals surface area contributed by atoms with E-state index in [9.17, 15) is 4.79 Å². The third-order valence-electron chi connectivity index (χ3n) is 3.16. The van der Waals surface area contributed by atoms with E-state index in [-0.39, 0.29) is 11.9 Å². The van der Waals surface area contributed by atoms with Crippen LogP contribution in [0.5, 0.6) is 5.75 Å². The standard InChI is InChI=1S/C15H23BrN2O2/c1-6-18(11(2)10-17(3)4)15(19)13-8-7-12(16)9-14(13)20-5/h7-9,11H,6,10H2,1-5H3. The predicted molar refractivity (Wildman–Crippen MR) is 85.4 cm³/mol. The van der Waals surface area contributed by atoms with Crippen molar-refractivity contribution in [2.75, 3.05) is 34.3 Å². The molecule has 1 unspecified atom stereocenters. The monoisotopic (exact) mass is 342 g/mol. The first-order valence-corrected chi connectivity index (χ1v) is 7.49. The molecule has 0 aromatic heterocycles. The minimum absolute atomic E-state index is 0.00574. The molecule has 1 amide bonds. The normalized spacial score (nSPS) is 12.3. The fraction of sp³-hybridized carbons (Fsp3) is 0.533. The lowest BCUT2D eigenvalue weighted by atomic mass is 10.1. The zero-order chi connectivity index (χ0) is 15.3. The smallest absolute Gasteiger partial charge is 0.257 e. The van der Waals surface area contributed by atoms with Gasteiger partial charge in [-0.25, -0.2) is 0 Å². The first-order chi connectivity index (χ1) is 9.40. The summed E-state index contributed by atoms with van der Waals surface area (Å²) in [6.07, 6.45) is 0. The second kappa shape index (κ2) is 7.64. The highest BCUT2D eigenvalue weighted by Gasteiger charge is 2.23. The molecule has 20 heavy (non-hydrogen) atoms. The molecule has 0 bridgehead atoms. The van der Waals surface area contributed by atoms with Gasteiger partial charge in [0.25, 0.3) is 5.91 Å². The molecule has 4 nitrogen and oxygen atoms in total. The van der Waals surface area contributed by atoms with E-state index in [2.05, 4.69) is 27.8 Å². The number of ether oxygens (including phenoxy) is 1. The van der Waals surface area contributed by atoms with Crippen LogP contribution in [0.3, 0.4) is 0 Å². The molecule has 0 radical (unpaired) electrons. The third kappa shape index (κ3) is 4.21. The van der Waals surface area contributed by atoms with Gasteiger partial charge in [0.05, 0.1) is 12.7 Å². The van der Waals surface area contributed by atoms with Gasteiger partial charge in [-0.05, 0) is 46.1 Å². The number of nitrogens with zero attached hydrogens (tertiary/aromatic N) is 2. The summed E-state index contributed by atoms with van der Waals surface area (Å²) in [5, 5.41) is 0. The highest BCUT2D eigenvalue weighted by molar-refractivity contribution is 9.10. The Morgan fingerprint density at radius 2 is 2.05 bits per heavy atom. The van der Waals surface area contributed by atoms with Crippen LogP contribution in [0.1, 0.15) is 24.2 Å². The lowest BCUT2D eigenvalue weighted by Gasteiger charge is -2.30. The fourth-order valence-electron chi connectivity index (χ4n) is 2.28. The van der Waals surface area contributed by atoms with E-state index in [4.69, 9.17) is 4.74 Å². The number of carbonyl (C=O) groups is 1. The number of methoxy groups -OCH3 is 1. The molecule has 0 aliphatic carbocycles. The Kier molecular flexibility index (Phi) is 6.49. The molecule has 1 aromatic rings. The van der Waals surface area contributed by atoms with Gasteiger partial charge in [0.15, 0.2) is 0 Å². The van der Waals surface area contributed by atoms with E-state index >= 15 is 0 Å². The molecule has 0 saturated heterocycles. The number of carbonyl (C=O) groups excluding carboxylic acids is 1. The topological polar surface area (TPSA) is 32.8 Å². The first kappa shape index (κ1) is 17.0. The van der Waals surface area contributed by atoms with Crippen molar-refractivity contribution in [3.05, 3.63) is 28.2 Å². The van der Waals surface area contributed by atoms with Crippen LogP contribution in [-0.2, 0) is 0 Å². The fourth-order valence-corrected chi connectivity index (χ4v) is 2.62. The summed E-state index contributed by atoms with van der Waals surface area (Å²) >= 11 is 3.39. The molecule has 0 heterocycles. The van der Waals surface area contributed by atoms with Crippen molar-refractivity contribution in [3.63, 3.8) is 0 Å². The Labute approximate surface area is 129 Å². The van der Waals surface area contributed by atoms with Crippen LogP contribution in [0.25, 0.3) is 0 Å². The van der Waals surface area contributed by atoms with Crippen LogP contribution in [0.2, 0.25) is 0 Å². The van der Waals surface area contributed by atoms with E-state index in [1.165, 1.54) is 0 Å². The lowest BCUT2D eigenvalue weighted by molar-refractivity contribution is 0.0675. The highest BCUT2D eigenvalue weighted by atomic mass is 79.9. The molecular formula is C15H23BrN2O2. The number of halogens is 1. The van der Waals surface area contributed by atoms with Crippen LogP contribution in [-0.4, -0.2) is 56.0 Å². The maximum Gasteiger partial charge on any atom is 0.257 e. The average molecular weight is 343 g/mol. The molecule has 0 saturated carbocycles. The number of likely N-dealkylation sites (N-methyl/N-ethyl adjacent to an activating group) is 2. The molecule has 5 heteroatoms. The number of rotatable bonds is 6. The van der Waals surface area contributed by atoms with Crippen molar-refractivity contribution in [2.24, 2.45) is 0 Å². The maximum absolute atomic E-state index is 12.7. The largest absolute Gasteiger partial charge is 0.496 e. The molecule has 0 spiro atoms. The lowest BCUT2D eigenvalue weighted by Crippen LogP contribution is -2.43. The van der Waals surface area contributed by atoms with E-state index < -0.39 is 0 Å². The second-order valence-corrected chi connectivity index (χ2v) is 5.96. The van der Waals surface area contributed by atoms with Gasteiger partial charge in [0, 0.05) is 23.6 Å². The van der Waals surface area contributed by atoms with Crippen molar-refractivity contribution in [1.29, 1.82) is 0 Å². The Morgan fingerprint density at radius 1 is 1.40 bits per heavy atom. The van der Waals surface area contributed by atoms with E-state index in [0.717, 1.165) is 11.0 Å². The maximum atomic E-state index is 12.7. The number of hydrogen-bond donors (Lipinski definition) is 0. The molecule has 0 aliphatic heterocycles.